The monoisotopic (exact) mass is 481 g/mol. The Morgan fingerprint density at radius 2 is 1.31 bits per heavy atom. The fraction of sp³-hybridized carbons (Fsp3) is 1.00. The van der Waals surface area contributed by atoms with Crippen molar-refractivity contribution < 1.29 is 33.2 Å². The van der Waals surface area contributed by atoms with Crippen molar-refractivity contribution >= 4 is 7.82 Å². The minimum absolute atomic E-state index is 0.0328. The number of aliphatic hydroxyl groups excluding tert-OH is 2. The van der Waals surface area contributed by atoms with E-state index in [1.807, 2.05) is 0 Å². The molecule has 0 aromatic heterocycles. The van der Waals surface area contributed by atoms with Gasteiger partial charge in [-0.2, -0.15) is 0 Å². The highest BCUT2D eigenvalue weighted by Gasteiger charge is 2.35. The normalized spacial score (nSPS) is 17.1. The molecule has 32 heavy (non-hydrogen) atoms. The fourth-order valence-corrected chi connectivity index (χ4v) is 5.07. The molecule has 0 aliphatic heterocycles. The molecule has 0 rings (SSSR count). The van der Waals surface area contributed by atoms with E-state index in [1.54, 1.807) is 0 Å². The number of hydrogen-bond donors (Lipinski definition) is 2. The van der Waals surface area contributed by atoms with Crippen molar-refractivity contribution in [1.29, 1.82) is 0 Å². The first-order valence-electron chi connectivity index (χ1n) is 12.8. The van der Waals surface area contributed by atoms with Gasteiger partial charge in [0.05, 0.1) is 34.4 Å². The molecule has 7 nitrogen and oxygen atoms in total. The molecule has 0 amide bonds. The van der Waals surface area contributed by atoms with E-state index in [0.29, 0.717) is 10.9 Å². The van der Waals surface area contributed by atoms with Gasteiger partial charge in [-0.15, -0.1) is 0 Å². The van der Waals surface area contributed by atoms with Crippen LogP contribution in [0.25, 0.3) is 0 Å². The summed E-state index contributed by atoms with van der Waals surface area (Å²) >= 11 is 0. The first kappa shape index (κ1) is 32.0. The van der Waals surface area contributed by atoms with Crippen molar-refractivity contribution in [3.8, 4) is 0 Å². The number of likely N-dealkylation sites (N-methyl/N-ethyl adjacent to an activating group) is 1. The van der Waals surface area contributed by atoms with Crippen molar-refractivity contribution in [2.24, 2.45) is 0 Å². The second-order valence-corrected chi connectivity index (χ2v) is 11.4. The van der Waals surface area contributed by atoms with Crippen molar-refractivity contribution in [3.63, 3.8) is 0 Å². The third kappa shape index (κ3) is 16.6. The summed E-state index contributed by atoms with van der Waals surface area (Å²) in [5.41, 5.74) is 0. The van der Waals surface area contributed by atoms with E-state index in [9.17, 15) is 14.6 Å². The van der Waals surface area contributed by atoms with Gasteiger partial charge in [-0.3, -0.25) is 4.57 Å². The molecule has 2 N–H and O–H groups in total. The molecular weight excluding hydrogens is 429 g/mol. The molecule has 0 aromatic carbocycles. The summed E-state index contributed by atoms with van der Waals surface area (Å²) < 4.78 is 23.6. The van der Waals surface area contributed by atoms with Gasteiger partial charge in [0.1, 0.15) is 18.2 Å². The van der Waals surface area contributed by atoms with Crippen molar-refractivity contribution in [2.75, 3.05) is 34.4 Å². The van der Waals surface area contributed by atoms with Crippen LogP contribution in [-0.4, -0.2) is 67.3 Å². The molecule has 0 aliphatic rings. The molecule has 0 radical (unpaired) electrons. The summed E-state index contributed by atoms with van der Waals surface area (Å²) in [6, 6.07) is 0.0328. The van der Waals surface area contributed by atoms with E-state index in [2.05, 4.69) is 35.0 Å². The lowest BCUT2D eigenvalue weighted by molar-refractivity contribution is -0.900. The first-order chi connectivity index (χ1) is 15.1. The van der Waals surface area contributed by atoms with Gasteiger partial charge in [-0.05, 0) is 12.8 Å². The number of nitrogens with zero attached hydrogens (tertiary/aromatic N) is 1. The number of phosphoric acid groups is 1. The Morgan fingerprint density at radius 1 is 0.844 bits per heavy atom. The van der Waals surface area contributed by atoms with E-state index in [4.69, 9.17) is 14.2 Å². The Balaban J connectivity index is 5.09. The Kier molecular flexibility index (Phi) is 18.3. The molecule has 0 bridgehead atoms. The zero-order valence-electron chi connectivity index (χ0n) is 21.5. The summed E-state index contributed by atoms with van der Waals surface area (Å²) in [5, 5.41) is 18.4. The maximum Gasteiger partial charge on any atom is 0.268 e. The zero-order chi connectivity index (χ0) is 24.5. The third-order valence-electron chi connectivity index (χ3n) is 6.02. The van der Waals surface area contributed by atoms with E-state index in [-0.39, 0.29) is 6.04 Å². The first-order valence-corrected chi connectivity index (χ1v) is 14.3. The van der Waals surface area contributed by atoms with Gasteiger partial charge in [-0.1, -0.05) is 84.5 Å². The van der Waals surface area contributed by atoms with E-state index in [1.165, 1.54) is 44.9 Å². The number of hydrogen-bond acceptors (Lipinski definition) is 6. The molecule has 0 saturated heterocycles. The van der Waals surface area contributed by atoms with Crippen LogP contribution in [0.1, 0.15) is 104 Å². The molecule has 0 aliphatic carbocycles. The Labute approximate surface area is 197 Å². The quantitative estimate of drug-likeness (QED) is 0.131. The molecule has 194 valence electrons. The van der Waals surface area contributed by atoms with Crippen LogP contribution >= 0.6 is 7.82 Å². The maximum absolute atomic E-state index is 12.5. The predicted octanol–water partition coefficient (Wildman–Crippen LogP) is 4.79. The van der Waals surface area contributed by atoms with Crippen molar-refractivity contribution in [2.45, 2.75) is 122 Å². The summed E-state index contributed by atoms with van der Waals surface area (Å²) in [6.07, 6.45) is 13.8. The van der Waals surface area contributed by atoms with E-state index in [0.717, 1.165) is 38.5 Å². The summed E-state index contributed by atoms with van der Waals surface area (Å²) in [6.45, 7) is 3.35. The highest BCUT2D eigenvalue weighted by atomic mass is 31.2. The largest absolute Gasteiger partial charge is 0.756 e. The molecule has 0 saturated carbocycles. The smallest absolute Gasteiger partial charge is 0.268 e. The van der Waals surface area contributed by atoms with Gasteiger partial charge in [0, 0.05) is 6.42 Å². The van der Waals surface area contributed by atoms with Crippen LogP contribution < -0.4 is 4.89 Å². The fourth-order valence-electron chi connectivity index (χ4n) is 4.07. The van der Waals surface area contributed by atoms with Crippen LogP contribution in [0.3, 0.4) is 0 Å². The number of quaternary nitrogens is 1. The Bertz CT molecular complexity index is 486. The van der Waals surface area contributed by atoms with Crippen LogP contribution in [0.2, 0.25) is 0 Å². The molecule has 0 aromatic rings. The molecule has 0 heterocycles. The van der Waals surface area contributed by atoms with Crippen LogP contribution in [0.4, 0.5) is 0 Å². The topological polar surface area (TPSA) is 99.1 Å². The molecular formula is C24H52NO6P. The van der Waals surface area contributed by atoms with E-state index >= 15 is 0 Å². The molecule has 0 spiro atoms. The zero-order valence-corrected chi connectivity index (χ0v) is 22.4. The summed E-state index contributed by atoms with van der Waals surface area (Å²) in [5.74, 6) is 0. The van der Waals surface area contributed by atoms with Gasteiger partial charge < -0.3 is 28.6 Å². The predicted molar refractivity (Wildman–Crippen MR) is 129 cm³/mol. The molecule has 4 atom stereocenters. The number of rotatable bonds is 22. The van der Waals surface area contributed by atoms with Crippen molar-refractivity contribution in [3.05, 3.63) is 0 Å². The van der Waals surface area contributed by atoms with Gasteiger partial charge in [0.2, 0.25) is 0 Å². The highest BCUT2D eigenvalue weighted by Crippen LogP contribution is 2.43. The molecule has 4 unspecified atom stereocenters. The lowest BCUT2D eigenvalue weighted by Crippen LogP contribution is -2.52. The standard InChI is InChI=1S/C24H52NO6P/c1-6-8-10-12-14-16-18-23(25(3,4)5)24(19-17-15-13-11-9-7-2)31-32(28,29)30-21-22(27)20-26/h22-24,26-27H,6-21H2,1-5H3. The van der Waals surface area contributed by atoms with Crippen LogP contribution in [0, 0.1) is 0 Å². The Morgan fingerprint density at radius 3 is 1.78 bits per heavy atom. The second kappa shape index (κ2) is 18.3. The Hall–Kier alpha value is -0.0100. The van der Waals surface area contributed by atoms with Gasteiger partial charge in [0.25, 0.3) is 7.82 Å². The summed E-state index contributed by atoms with van der Waals surface area (Å²) in [4.78, 5) is 12.5. The average molecular weight is 482 g/mol. The minimum atomic E-state index is -4.59. The summed E-state index contributed by atoms with van der Waals surface area (Å²) in [7, 11) is 1.68. The van der Waals surface area contributed by atoms with Crippen LogP contribution in [0.5, 0.6) is 0 Å². The maximum atomic E-state index is 12.5. The minimum Gasteiger partial charge on any atom is -0.756 e. The molecule has 8 heteroatoms. The van der Waals surface area contributed by atoms with E-state index < -0.39 is 33.2 Å². The van der Waals surface area contributed by atoms with Crippen molar-refractivity contribution in [1.82, 2.24) is 0 Å². The SMILES string of the molecule is CCCCCCCCC(OP(=O)([O-])OCC(O)CO)C(CCCCCCCC)[N+](C)(C)C. The third-order valence-corrected chi connectivity index (χ3v) is 7.01. The lowest BCUT2D eigenvalue weighted by Gasteiger charge is -2.41. The second-order valence-electron chi connectivity index (χ2n) is 10.0. The lowest BCUT2D eigenvalue weighted by atomic mass is 9.95. The average Bonchev–Trinajstić information content (AvgIpc) is 2.72. The highest BCUT2D eigenvalue weighted by molar-refractivity contribution is 7.45. The number of phosphoric ester groups is 1. The number of unbranched alkanes of at least 4 members (excludes halogenated alkanes) is 10. The number of aliphatic hydroxyl groups is 2. The van der Waals surface area contributed by atoms with Crippen LogP contribution in [0.15, 0.2) is 0 Å². The van der Waals surface area contributed by atoms with Gasteiger partial charge in [-0.25, -0.2) is 0 Å². The molecule has 0 fully saturated rings. The van der Waals surface area contributed by atoms with Crippen LogP contribution in [-0.2, 0) is 13.6 Å². The van der Waals surface area contributed by atoms with Gasteiger partial charge in [0.15, 0.2) is 0 Å². The van der Waals surface area contributed by atoms with Gasteiger partial charge >= 0.3 is 0 Å².